The first-order valence-electron chi connectivity index (χ1n) is 13.0. The van der Waals surface area contributed by atoms with Gasteiger partial charge in [0.1, 0.15) is 0 Å². The highest BCUT2D eigenvalue weighted by Gasteiger charge is 2.35. The Morgan fingerprint density at radius 3 is 1.24 bits per heavy atom. The van der Waals surface area contributed by atoms with E-state index >= 15 is 0 Å². The minimum absolute atomic E-state index is 0.261. The monoisotopic (exact) mass is 470 g/mol. The van der Waals surface area contributed by atoms with Gasteiger partial charge in [-0.1, -0.05) is 83.3 Å². The SMILES string of the molecule is CCCCCCC/C=C/CCCCCCCCCCC[N+](CC(=O)O)(CC(=O)O)CC(=O)O. The summed E-state index contributed by atoms with van der Waals surface area (Å²) < 4.78 is -0.437. The summed E-state index contributed by atoms with van der Waals surface area (Å²) in [7, 11) is 0. The Balaban J connectivity index is 3.80. The number of hydrogen-bond acceptors (Lipinski definition) is 3. The van der Waals surface area contributed by atoms with Gasteiger partial charge in [-0.2, -0.15) is 0 Å². The van der Waals surface area contributed by atoms with Crippen molar-refractivity contribution in [3.63, 3.8) is 0 Å². The Labute approximate surface area is 200 Å². The number of carbonyl (C=O) groups is 3. The third-order valence-electron chi connectivity index (χ3n) is 6.06. The predicted octanol–water partition coefficient (Wildman–Crippen LogP) is 5.87. The van der Waals surface area contributed by atoms with E-state index in [-0.39, 0.29) is 6.54 Å². The number of quaternary nitrogens is 1. The molecule has 0 aliphatic heterocycles. The van der Waals surface area contributed by atoms with Crippen LogP contribution < -0.4 is 0 Å². The van der Waals surface area contributed by atoms with Crippen LogP contribution >= 0.6 is 0 Å². The standard InChI is InChI=1S/C26H47NO6/c1-2-3-4-5-6-7-8-9-10-11-12-13-14-15-16-17-18-19-20-27(21-24(28)29,22-25(30)31)23-26(32)33/h8-9H,2-7,10-23H2,1H3,(H2-,28,29,30,31,32,33)/p+1/b9-8+. The van der Waals surface area contributed by atoms with Gasteiger partial charge in [-0.25, -0.2) is 14.4 Å². The maximum atomic E-state index is 11.2. The summed E-state index contributed by atoms with van der Waals surface area (Å²) in [5.74, 6) is -3.51. The first-order chi connectivity index (χ1) is 15.8. The fraction of sp³-hybridized carbons (Fsp3) is 0.808. The van der Waals surface area contributed by atoms with Crippen LogP contribution in [0.5, 0.6) is 0 Å². The topological polar surface area (TPSA) is 112 Å². The number of allylic oxidation sites excluding steroid dienone is 2. The van der Waals surface area contributed by atoms with Crippen molar-refractivity contribution in [2.75, 3.05) is 26.2 Å². The van der Waals surface area contributed by atoms with E-state index in [0.29, 0.717) is 6.42 Å². The molecule has 0 unspecified atom stereocenters. The molecule has 0 aromatic rings. The van der Waals surface area contributed by atoms with E-state index < -0.39 is 42.0 Å². The Bertz CT molecular complexity index is 520. The molecular weight excluding hydrogens is 422 g/mol. The van der Waals surface area contributed by atoms with Crippen molar-refractivity contribution >= 4 is 17.9 Å². The molecule has 0 atom stereocenters. The Hall–Kier alpha value is -1.89. The van der Waals surface area contributed by atoms with Gasteiger partial charge >= 0.3 is 17.9 Å². The maximum Gasteiger partial charge on any atom is 0.359 e. The minimum atomic E-state index is -1.17. The van der Waals surface area contributed by atoms with E-state index in [2.05, 4.69) is 19.1 Å². The zero-order valence-electron chi connectivity index (χ0n) is 20.8. The normalized spacial score (nSPS) is 11.8. The van der Waals surface area contributed by atoms with Gasteiger partial charge in [-0.3, -0.25) is 4.48 Å². The second-order valence-corrected chi connectivity index (χ2v) is 9.37. The Morgan fingerprint density at radius 2 is 0.879 bits per heavy atom. The number of carboxylic acid groups (broad SMARTS) is 3. The number of carboxylic acids is 3. The number of rotatable bonds is 24. The lowest BCUT2D eigenvalue weighted by atomic mass is 10.1. The lowest BCUT2D eigenvalue weighted by molar-refractivity contribution is -0.907. The Morgan fingerprint density at radius 1 is 0.545 bits per heavy atom. The third kappa shape index (κ3) is 20.4. The van der Waals surface area contributed by atoms with Crippen molar-refractivity contribution in [3.05, 3.63) is 12.2 Å². The summed E-state index contributed by atoms with van der Waals surface area (Å²) in [6.07, 6.45) is 23.5. The van der Waals surface area contributed by atoms with Crippen LogP contribution in [0, 0.1) is 0 Å². The summed E-state index contributed by atoms with van der Waals surface area (Å²) in [6, 6.07) is 0. The molecule has 3 N–H and O–H groups in total. The fourth-order valence-electron chi connectivity index (χ4n) is 4.31. The molecule has 0 aromatic heterocycles. The van der Waals surface area contributed by atoms with E-state index in [4.69, 9.17) is 15.3 Å². The highest BCUT2D eigenvalue weighted by molar-refractivity contribution is 5.73. The zero-order valence-corrected chi connectivity index (χ0v) is 20.8. The molecule has 33 heavy (non-hydrogen) atoms. The van der Waals surface area contributed by atoms with Crippen LogP contribution in [0.25, 0.3) is 0 Å². The summed E-state index contributed by atoms with van der Waals surface area (Å²) >= 11 is 0. The first-order valence-corrected chi connectivity index (χ1v) is 13.0. The van der Waals surface area contributed by atoms with Gasteiger partial charge in [0, 0.05) is 0 Å². The molecule has 0 bridgehead atoms. The van der Waals surface area contributed by atoms with E-state index in [1.54, 1.807) is 0 Å². The minimum Gasteiger partial charge on any atom is -0.477 e. The average Bonchev–Trinajstić information content (AvgIpc) is 2.71. The van der Waals surface area contributed by atoms with Gasteiger partial charge in [-0.15, -0.1) is 0 Å². The molecule has 0 aliphatic rings. The van der Waals surface area contributed by atoms with E-state index in [9.17, 15) is 14.4 Å². The molecule has 0 aromatic carbocycles. The van der Waals surface area contributed by atoms with Gasteiger partial charge in [0.25, 0.3) is 0 Å². The van der Waals surface area contributed by atoms with Crippen molar-refractivity contribution in [2.45, 2.75) is 110 Å². The van der Waals surface area contributed by atoms with Gasteiger partial charge in [-0.05, 0) is 38.5 Å². The highest BCUT2D eigenvalue weighted by atomic mass is 16.4. The first kappa shape index (κ1) is 31.1. The number of nitrogens with zero attached hydrogens (tertiary/aromatic N) is 1. The average molecular weight is 471 g/mol. The maximum absolute atomic E-state index is 11.2. The lowest BCUT2D eigenvalue weighted by Gasteiger charge is -2.34. The fourth-order valence-corrected chi connectivity index (χ4v) is 4.31. The molecule has 0 saturated carbocycles. The zero-order chi connectivity index (χ0) is 24.8. The van der Waals surface area contributed by atoms with Crippen LogP contribution in [0.1, 0.15) is 110 Å². The summed E-state index contributed by atoms with van der Waals surface area (Å²) in [5.41, 5.74) is 0. The molecule has 0 heterocycles. The summed E-state index contributed by atoms with van der Waals surface area (Å²) in [5, 5.41) is 27.4. The molecule has 0 fully saturated rings. The van der Waals surface area contributed by atoms with Crippen LogP contribution in [-0.2, 0) is 14.4 Å². The number of aliphatic carboxylic acids is 3. The second kappa shape index (κ2) is 20.7. The van der Waals surface area contributed by atoms with Crippen LogP contribution in [0.15, 0.2) is 12.2 Å². The molecule has 0 saturated heterocycles. The molecule has 7 nitrogen and oxygen atoms in total. The van der Waals surface area contributed by atoms with Crippen LogP contribution in [-0.4, -0.2) is 63.9 Å². The Kier molecular flexibility index (Phi) is 19.5. The number of unbranched alkanes of at least 4 members (excludes halogenated alkanes) is 14. The van der Waals surface area contributed by atoms with E-state index in [0.717, 1.165) is 19.3 Å². The second-order valence-electron chi connectivity index (χ2n) is 9.37. The van der Waals surface area contributed by atoms with Crippen molar-refractivity contribution in [3.8, 4) is 0 Å². The smallest absolute Gasteiger partial charge is 0.359 e. The van der Waals surface area contributed by atoms with Gasteiger partial charge < -0.3 is 15.3 Å². The van der Waals surface area contributed by atoms with Crippen molar-refractivity contribution in [2.24, 2.45) is 0 Å². The van der Waals surface area contributed by atoms with Crippen molar-refractivity contribution in [1.82, 2.24) is 0 Å². The quantitative estimate of drug-likeness (QED) is 0.0923. The van der Waals surface area contributed by atoms with Crippen molar-refractivity contribution in [1.29, 1.82) is 0 Å². The van der Waals surface area contributed by atoms with E-state index in [1.807, 2.05) is 0 Å². The van der Waals surface area contributed by atoms with E-state index in [1.165, 1.54) is 77.0 Å². The van der Waals surface area contributed by atoms with Crippen LogP contribution in [0.2, 0.25) is 0 Å². The largest absolute Gasteiger partial charge is 0.477 e. The van der Waals surface area contributed by atoms with Crippen molar-refractivity contribution < 1.29 is 34.2 Å². The summed E-state index contributed by atoms with van der Waals surface area (Å²) in [6.45, 7) is 1.07. The molecule has 0 aliphatic carbocycles. The molecule has 0 rings (SSSR count). The molecule has 0 spiro atoms. The third-order valence-corrected chi connectivity index (χ3v) is 6.06. The van der Waals surface area contributed by atoms with Gasteiger partial charge in [0.2, 0.25) is 0 Å². The molecule has 7 heteroatoms. The predicted molar refractivity (Wildman–Crippen MR) is 131 cm³/mol. The molecular formula is C26H48NO6+. The molecule has 0 radical (unpaired) electrons. The summed E-state index contributed by atoms with van der Waals surface area (Å²) in [4.78, 5) is 33.5. The molecule has 192 valence electrons. The molecule has 0 amide bonds. The van der Waals surface area contributed by atoms with Crippen LogP contribution in [0.4, 0.5) is 0 Å². The lowest BCUT2D eigenvalue weighted by Crippen LogP contribution is -2.57. The number of hydrogen-bond donors (Lipinski definition) is 3. The van der Waals surface area contributed by atoms with Gasteiger partial charge in [0.05, 0.1) is 6.54 Å². The highest BCUT2D eigenvalue weighted by Crippen LogP contribution is 2.14. The van der Waals surface area contributed by atoms with Crippen LogP contribution in [0.3, 0.4) is 0 Å². The van der Waals surface area contributed by atoms with Gasteiger partial charge in [0.15, 0.2) is 19.6 Å².